The van der Waals surface area contributed by atoms with E-state index in [1.54, 1.807) is 0 Å². The van der Waals surface area contributed by atoms with Crippen molar-refractivity contribution in [2.24, 2.45) is 5.92 Å². The van der Waals surface area contributed by atoms with Gasteiger partial charge in [-0.05, 0) is 34.6 Å². The Morgan fingerprint density at radius 2 is 1.30 bits per heavy atom. The molecule has 0 saturated heterocycles. The van der Waals surface area contributed by atoms with Gasteiger partial charge in [0, 0.05) is 13.1 Å². The first-order valence-corrected chi connectivity index (χ1v) is 10.5. The van der Waals surface area contributed by atoms with Gasteiger partial charge in [-0.15, -0.1) is 0 Å². The smallest absolute Gasteiger partial charge is 0.343 e. The van der Waals surface area contributed by atoms with Crippen molar-refractivity contribution in [2.45, 2.75) is 33.0 Å². The first-order valence-electron chi connectivity index (χ1n) is 10.5. The first kappa shape index (κ1) is 20.1. The van der Waals surface area contributed by atoms with Crippen LogP contribution in [0.5, 0.6) is 0 Å². The molecule has 3 nitrogen and oxygen atoms in total. The fourth-order valence-corrected chi connectivity index (χ4v) is 4.12. The molecule has 0 amide bonds. The minimum absolute atomic E-state index is 0.0253. The predicted octanol–water partition coefficient (Wildman–Crippen LogP) is 6.19. The summed E-state index contributed by atoms with van der Waals surface area (Å²) in [5, 5.41) is 1.55. The van der Waals surface area contributed by atoms with Crippen LogP contribution in [-0.4, -0.2) is 4.90 Å². The van der Waals surface area contributed by atoms with Crippen molar-refractivity contribution in [1.29, 1.82) is 0 Å². The zero-order valence-electron chi connectivity index (χ0n) is 17.5. The zero-order chi connectivity index (χ0) is 20.9. The fourth-order valence-electron chi connectivity index (χ4n) is 4.12. The van der Waals surface area contributed by atoms with Crippen molar-refractivity contribution >= 4 is 10.8 Å². The van der Waals surface area contributed by atoms with Gasteiger partial charge >= 0.3 is 5.63 Å². The SMILES string of the molecule is CC(C)[C@@H](c1cc2ccccc2c(=O)o1)N(Cc1ccccc1)Cc1ccccc1. The van der Waals surface area contributed by atoms with Crippen LogP contribution in [0.4, 0.5) is 0 Å². The highest BCUT2D eigenvalue weighted by molar-refractivity contribution is 5.81. The predicted molar refractivity (Wildman–Crippen MR) is 122 cm³/mol. The van der Waals surface area contributed by atoms with Crippen molar-refractivity contribution in [3.05, 3.63) is 118 Å². The molecule has 4 aromatic rings. The maximum Gasteiger partial charge on any atom is 0.343 e. The zero-order valence-corrected chi connectivity index (χ0v) is 17.5. The van der Waals surface area contributed by atoms with Gasteiger partial charge in [0.05, 0.1) is 11.4 Å². The molecule has 1 aromatic heterocycles. The molecule has 0 saturated carbocycles. The van der Waals surface area contributed by atoms with Crippen molar-refractivity contribution < 1.29 is 4.42 Å². The summed E-state index contributed by atoms with van der Waals surface area (Å²) >= 11 is 0. The third-order valence-electron chi connectivity index (χ3n) is 5.46. The van der Waals surface area contributed by atoms with E-state index in [-0.39, 0.29) is 17.6 Å². The Labute approximate surface area is 177 Å². The van der Waals surface area contributed by atoms with Crippen LogP contribution in [0.2, 0.25) is 0 Å². The lowest BCUT2D eigenvalue weighted by atomic mass is 9.96. The lowest BCUT2D eigenvalue weighted by Crippen LogP contribution is -2.32. The Morgan fingerprint density at radius 1 is 0.767 bits per heavy atom. The number of benzene rings is 3. The quantitative estimate of drug-likeness (QED) is 0.373. The molecule has 0 unspecified atom stereocenters. The van der Waals surface area contributed by atoms with E-state index >= 15 is 0 Å². The van der Waals surface area contributed by atoms with Gasteiger partial charge in [-0.25, -0.2) is 4.79 Å². The molecule has 0 aliphatic rings. The fraction of sp³-hybridized carbons (Fsp3) is 0.222. The number of fused-ring (bicyclic) bond motifs is 1. The van der Waals surface area contributed by atoms with Crippen LogP contribution < -0.4 is 5.63 Å². The minimum atomic E-state index is -0.270. The third kappa shape index (κ3) is 4.52. The second-order valence-electron chi connectivity index (χ2n) is 8.09. The molecule has 0 aliphatic heterocycles. The van der Waals surface area contributed by atoms with Gasteiger partial charge in [-0.1, -0.05) is 92.7 Å². The van der Waals surface area contributed by atoms with E-state index in [2.05, 4.69) is 67.3 Å². The van der Waals surface area contributed by atoms with Gasteiger partial charge in [-0.2, -0.15) is 0 Å². The van der Waals surface area contributed by atoms with E-state index in [0.29, 0.717) is 5.39 Å². The second kappa shape index (κ2) is 9.10. The van der Waals surface area contributed by atoms with Crippen LogP contribution in [0, 0.1) is 5.92 Å². The molecule has 1 heterocycles. The second-order valence-corrected chi connectivity index (χ2v) is 8.09. The average Bonchev–Trinajstić information content (AvgIpc) is 2.75. The molecule has 4 rings (SSSR count). The third-order valence-corrected chi connectivity index (χ3v) is 5.46. The molecule has 0 bridgehead atoms. The Hall–Kier alpha value is -3.17. The van der Waals surface area contributed by atoms with Gasteiger partial charge < -0.3 is 4.42 Å². The lowest BCUT2D eigenvalue weighted by molar-refractivity contribution is 0.115. The monoisotopic (exact) mass is 397 g/mol. The van der Waals surface area contributed by atoms with Gasteiger partial charge in [0.2, 0.25) is 0 Å². The maximum atomic E-state index is 12.7. The molecule has 0 fully saturated rings. The molecule has 30 heavy (non-hydrogen) atoms. The standard InChI is InChI=1S/C27H27NO2/c1-20(2)26(25-17-23-15-9-10-16-24(23)27(29)30-25)28(18-21-11-5-3-6-12-21)19-22-13-7-4-8-14-22/h3-17,20,26H,18-19H2,1-2H3/t26-/m0/s1. The van der Waals surface area contributed by atoms with Crippen LogP contribution in [-0.2, 0) is 13.1 Å². The molecule has 1 atom stereocenters. The van der Waals surface area contributed by atoms with E-state index < -0.39 is 0 Å². The molecule has 0 spiro atoms. The summed E-state index contributed by atoms with van der Waals surface area (Å²) < 4.78 is 5.87. The van der Waals surface area contributed by atoms with Crippen molar-refractivity contribution in [2.75, 3.05) is 0 Å². The van der Waals surface area contributed by atoms with Crippen LogP contribution >= 0.6 is 0 Å². The summed E-state index contributed by atoms with van der Waals surface area (Å²) in [6, 6.07) is 30.5. The highest BCUT2D eigenvalue weighted by Crippen LogP contribution is 2.32. The number of hydrogen-bond donors (Lipinski definition) is 0. The summed E-state index contributed by atoms with van der Waals surface area (Å²) in [5.41, 5.74) is 2.21. The summed E-state index contributed by atoms with van der Waals surface area (Å²) in [6.45, 7) is 5.91. The van der Waals surface area contributed by atoms with Gasteiger partial charge in [-0.3, -0.25) is 4.90 Å². The highest BCUT2D eigenvalue weighted by Gasteiger charge is 2.27. The Balaban J connectivity index is 1.77. The van der Waals surface area contributed by atoms with E-state index in [1.807, 2.05) is 42.5 Å². The molecule has 0 radical (unpaired) electrons. The maximum absolute atomic E-state index is 12.7. The summed E-state index contributed by atoms with van der Waals surface area (Å²) in [7, 11) is 0. The normalized spacial score (nSPS) is 12.5. The van der Waals surface area contributed by atoms with Crippen LogP contribution in [0.3, 0.4) is 0 Å². The van der Waals surface area contributed by atoms with Crippen LogP contribution in [0.25, 0.3) is 10.8 Å². The summed E-state index contributed by atoms with van der Waals surface area (Å²) in [6.07, 6.45) is 0. The molecular formula is C27H27NO2. The van der Waals surface area contributed by atoms with Crippen molar-refractivity contribution in [3.63, 3.8) is 0 Å². The van der Waals surface area contributed by atoms with E-state index in [1.165, 1.54) is 11.1 Å². The molecule has 0 N–H and O–H groups in total. The van der Waals surface area contributed by atoms with E-state index in [9.17, 15) is 4.79 Å². The average molecular weight is 398 g/mol. The molecule has 3 heteroatoms. The van der Waals surface area contributed by atoms with Gasteiger partial charge in [0.1, 0.15) is 5.76 Å². The Morgan fingerprint density at radius 3 is 1.87 bits per heavy atom. The van der Waals surface area contributed by atoms with Crippen LogP contribution in [0.15, 0.2) is 100 Å². The van der Waals surface area contributed by atoms with Gasteiger partial charge in [0.15, 0.2) is 0 Å². The van der Waals surface area contributed by atoms with E-state index in [4.69, 9.17) is 4.42 Å². The van der Waals surface area contributed by atoms with Crippen molar-refractivity contribution in [3.8, 4) is 0 Å². The molecule has 0 aliphatic carbocycles. The number of rotatable bonds is 7. The summed E-state index contributed by atoms with van der Waals surface area (Å²) in [5.74, 6) is 0.988. The molecule has 3 aromatic carbocycles. The van der Waals surface area contributed by atoms with Crippen LogP contribution in [0.1, 0.15) is 36.8 Å². The summed E-state index contributed by atoms with van der Waals surface area (Å²) in [4.78, 5) is 15.1. The molecule has 152 valence electrons. The molecular weight excluding hydrogens is 370 g/mol. The van der Waals surface area contributed by atoms with E-state index in [0.717, 1.165) is 24.2 Å². The minimum Gasteiger partial charge on any atom is -0.426 e. The lowest BCUT2D eigenvalue weighted by Gasteiger charge is -2.34. The first-order chi connectivity index (χ1) is 14.6. The topological polar surface area (TPSA) is 33.5 Å². The highest BCUT2D eigenvalue weighted by atomic mass is 16.4. The largest absolute Gasteiger partial charge is 0.426 e. The Kier molecular flexibility index (Phi) is 6.10. The van der Waals surface area contributed by atoms with Gasteiger partial charge in [0.25, 0.3) is 0 Å². The number of nitrogens with zero attached hydrogens (tertiary/aromatic N) is 1. The Bertz CT molecular complexity index is 1110. The van der Waals surface area contributed by atoms with Crippen molar-refractivity contribution in [1.82, 2.24) is 4.90 Å². The number of hydrogen-bond acceptors (Lipinski definition) is 3.